The van der Waals surface area contributed by atoms with E-state index in [1.807, 2.05) is 0 Å². The molecule has 1 N–H and O–H groups in total. The summed E-state index contributed by atoms with van der Waals surface area (Å²) in [5.41, 5.74) is 0. The van der Waals surface area contributed by atoms with Gasteiger partial charge in [0, 0.05) is 19.1 Å². The van der Waals surface area contributed by atoms with Crippen molar-refractivity contribution in [1.82, 2.24) is 10.2 Å². The van der Waals surface area contributed by atoms with Gasteiger partial charge in [-0.25, -0.2) is 0 Å². The van der Waals surface area contributed by atoms with Gasteiger partial charge in [-0.05, 0) is 38.3 Å². The molecular formula is C15H30N2. The Hall–Kier alpha value is -0.0800. The molecule has 2 rings (SSSR count). The van der Waals surface area contributed by atoms with Crippen LogP contribution in [0.25, 0.3) is 0 Å². The van der Waals surface area contributed by atoms with Crippen LogP contribution in [0.1, 0.15) is 58.3 Å². The molecule has 1 saturated carbocycles. The molecule has 0 aromatic heterocycles. The number of likely N-dealkylation sites (N-methyl/N-ethyl adjacent to an activating group) is 1. The molecule has 2 nitrogen and oxygen atoms in total. The van der Waals surface area contributed by atoms with Gasteiger partial charge in [-0.3, -0.25) is 4.90 Å². The Labute approximate surface area is 107 Å². The van der Waals surface area contributed by atoms with Crippen LogP contribution in [0.5, 0.6) is 0 Å². The van der Waals surface area contributed by atoms with Gasteiger partial charge in [0.15, 0.2) is 0 Å². The van der Waals surface area contributed by atoms with Gasteiger partial charge in [-0.2, -0.15) is 0 Å². The van der Waals surface area contributed by atoms with E-state index in [4.69, 9.17) is 0 Å². The van der Waals surface area contributed by atoms with E-state index in [0.717, 1.165) is 12.0 Å². The van der Waals surface area contributed by atoms with E-state index in [0.29, 0.717) is 0 Å². The van der Waals surface area contributed by atoms with Gasteiger partial charge < -0.3 is 5.32 Å². The lowest BCUT2D eigenvalue weighted by Gasteiger charge is -2.31. The Balaban J connectivity index is 1.78. The van der Waals surface area contributed by atoms with Gasteiger partial charge in [0.25, 0.3) is 0 Å². The summed E-state index contributed by atoms with van der Waals surface area (Å²) in [6, 6.07) is 0.824. The Morgan fingerprint density at radius 2 is 1.71 bits per heavy atom. The summed E-state index contributed by atoms with van der Waals surface area (Å²) in [6.45, 7) is 7.39. The average molecular weight is 238 g/mol. The number of hydrogen-bond donors (Lipinski definition) is 1. The number of rotatable bonds is 4. The highest BCUT2D eigenvalue weighted by Gasteiger charge is 2.23. The molecule has 0 aromatic carbocycles. The first-order valence-electron chi connectivity index (χ1n) is 7.85. The number of nitrogens with one attached hydrogen (secondary N) is 1. The largest absolute Gasteiger partial charge is 0.315 e. The van der Waals surface area contributed by atoms with E-state index >= 15 is 0 Å². The van der Waals surface area contributed by atoms with Crippen molar-refractivity contribution < 1.29 is 0 Å². The molecule has 0 aromatic rings. The van der Waals surface area contributed by atoms with Crippen LogP contribution in [0.15, 0.2) is 0 Å². The van der Waals surface area contributed by atoms with E-state index in [1.54, 1.807) is 0 Å². The van der Waals surface area contributed by atoms with Crippen LogP contribution in [-0.2, 0) is 0 Å². The molecule has 1 aliphatic heterocycles. The minimum Gasteiger partial charge on any atom is -0.315 e. The smallest absolute Gasteiger partial charge is 0.0232 e. The zero-order valence-corrected chi connectivity index (χ0v) is 11.6. The summed E-state index contributed by atoms with van der Waals surface area (Å²) >= 11 is 0. The van der Waals surface area contributed by atoms with Crippen LogP contribution in [0.4, 0.5) is 0 Å². The quantitative estimate of drug-likeness (QED) is 0.810. The maximum Gasteiger partial charge on any atom is 0.0232 e. The molecule has 2 heteroatoms. The minimum absolute atomic E-state index is 0.824. The SMILES string of the molecule is CCN(CC1CCCCCCC1)C1CCNC1. The molecule has 100 valence electrons. The standard InChI is InChI=1S/C15H30N2/c1-2-17(15-10-11-16-12-15)13-14-8-6-4-3-5-7-9-14/h14-16H,2-13H2,1H3. The van der Waals surface area contributed by atoms with Gasteiger partial charge in [0.2, 0.25) is 0 Å². The first-order valence-corrected chi connectivity index (χ1v) is 7.85. The second-order valence-electron chi connectivity index (χ2n) is 5.95. The third-order valence-corrected chi connectivity index (χ3v) is 4.67. The number of hydrogen-bond acceptors (Lipinski definition) is 2. The second kappa shape index (κ2) is 7.38. The average Bonchev–Trinajstić information content (AvgIpc) is 2.81. The fraction of sp³-hybridized carbons (Fsp3) is 1.00. The Morgan fingerprint density at radius 1 is 1.00 bits per heavy atom. The van der Waals surface area contributed by atoms with Crippen LogP contribution in [0.3, 0.4) is 0 Å². The van der Waals surface area contributed by atoms with Gasteiger partial charge in [0.1, 0.15) is 0 Å². The highest BCUT2D eigenvalue weighted by molar-refractivity contribution is 4.81. The van der Waals surface area contributed by atoms with Crippen molar-refractivity contribution in [3.63, 3.8) is 0 Å². The summed E-state index contributed by atoms with van der Waals surface area (Å²) in [5, 5.41) is 3.51. The molecule has 0 spiro atoms. The molecule has 1 atom stereocenters. The van der Waals surface area contributed by atoms with Gasteiger partial charge >= 0.3 is 0 Å². The molecule has 17 heavy (non-hydrogen) atoms. The van der Waals surface area contributed by atoms with Crippen molar-refractivity contribution in [2.24, 2.45) is 5.92 Å². The predicted molar refractivity (Wildman–Crippen MR) is 74.3 cm³/mol. The van der Waals surface area contributed by atoms with Gasteiger partial charge in [0.05, 0.1) is 0 Å². The van der Waals surface area contributed by atoms with Gasteiger partial charge in [-0.15, -0.1) is 0 Å². The fourth-order valence-electron chi connectivity index (χ4n) is 3.54. The fourth-order valence-corrected chi connectivity index (χ4v) is 3.54. The van der Waals surface area contributed by atoms with Crippen molar-refractivity contribution in [3.8, 4) is 0 Å². The topological polar surface area (TPSA) is 15.3 Å². The molecule has 1 heterocycles. The van der Waals surface area contributed by atoms with E-state index in [1.165, 1.54) is 77.5 Å². The van der Waals surface area contributed by atoms with Crippen molar-refractivity contribution in [2.75, 3.05) is 26.2 Å². The molecule has 1 unspecified atom stereocenters. The summed E-state index contributed by atoms with van der Waals surface area (Å²) in [7, 11) is 0. The molecule has 2 fully saturated rings. The monoisotopic (exact) mass is 238 g/mol. The van der Waals surface area contributed by atoms with Crippen LogP contribution in [0.2, 0.25) is 0 Å². The van der Waals surface area contributed by atoms with Crippen molar-refractivity contribution in [1.29, 1.82) is 0 Å². The molecule has 1 aliphatic carbocycles. The predicted octanol–water partition coefficient (Wildman–Crippen LogP) is 3.03. The first kappa shape index (κ1) is 13.4. The van der Waals surface area contributed by atoms with E-state index < -0.39 is 0 Å². The van der Waals surface area contributed by atoms with E-state index in [-0.39, 0.29) is 0 Å². The second-order valence-corrected chi connectivity index (χ2v) is 5.95. The molecular weight excluding hydrogens is 208 g/mol. The molecule has 0 bridgehead atoms. The summed E-state index contributed by atoms with van der Waals surface area (Å²) in [5.74, 6) is 0.982. The highest BCUT2D eigenvalue weighted by Crippen LogP contribution is 2.24. The van der Waals surface area contributed by atoms with Gasteiger partial charge in [-0.1, -0.05) is 39.0 Å². The van der Waals surface area contributed by atoms with E-state index in [9.17, 15) is 0 Å². The van der Waals surface area contributed by atoms with Crippen LogP contribution in [-0.4, -0.2) is 37.1 Å². The highest BCUT2D eigenvalue weighted by atomic mass is 15.2. The maximum atomic E-state index is 3.51. The summed E-state index contributed by atoms with van der Waals surface area (Å²) < 4.78 is 0. The Bertz CT molecular complexity index is 191. The van der Waals surface area contributed by atoms with Crippen LogP contribution >= 0.6 is 0 Å². The van der Waals surface area contributed by atoms with Crippen molar-refractivity contribution in [2.45, 2.75) is 64.3 Å². The number of nitrogens with zero attached hydrogens (tertiary/aromatic N) is 1. The molecule has 1 saturated heterocycles. The minimum atomic E-state index is 0.824. The molecule has 0 radical (unpaired) electrons. The normalized spacial score (nSPS) is 28.2. The zero-order valence-electron chi connectivity index (χ0n) is 11.6. The third kappa shape index (κ3) is 4.26. The van der Waals surface area contributed by atoms with Crippen molar-refractivity contribution >= 4 is 0 Å². The molecule has 2 aliphatic rings. The third-order valence-electron chi connectivity index (χ3n) is 4.67. The lowest BCUT2D eigenvalue weighted by molar-refractivity contribution is 0.170. The lowest BCUT2D eigenvalue weighted by atomic mass is 9.90. The first-order chi connectivity index (χ1) is 8.40. The summed E-state index contributed by atoms with van der Waals surface area (Å²) in [6.07, 6.45) is 11.7. The maximum absolute atomic E-state index is 3.51. The van der Waals surface area contributed by atoms with Crippen LogP contribution in [0, 0.1) is 5.92 Å². The van der Waals surface area contributed by atoms with Crippen LogP contribution < -0.4 is 5.32 Å². The Morgan fingerprint density at radius 3 is 2.29 bits per heavy atom. The summed E-state index contributed by atoms with van der Waals surface area (Å²) in [4.78, 5) is 2.74. The lowest BCUT2D eigenvalue weighted by Crippen LogP contribution is -2.40. The van der Waals surface area contributed by atoms with Crippen molar-refractivity contribution in [3.05, 3.63) is 0 Å². The Kier molecular flexibility index (Phi) is 5.79. The zero-order chi connectivity index (χ0) is 11.9. The molecule has 0 amide bonds. The van der Waals surface area contributed by atoms with E-state index in [2.05, 4.69) is 17.1 Å².